The summed E-state index contributed by atoms with van der Waals surface area (Å²) in [5.74, 6) is 1.10. The van der Waals surface area contributed by atoms with Crippen LogP contribution in [0.25, 0.3) is 11.2 Å². The van der Waals surface area contributed by atoms with Gasteiger partial charge in [0.25, 0.3) is 5.56 Å². The number of nitrogens with one attached hydrogen (secondary N) is 1. The maximum Gasteiger partial charge on any atom is 0.332 e. The first-order valence-corrected chi connectivity index (χ1v) is 11.1. The summed E-state index contributed by atoms with van der Waals surface area (Å²) in [7, 11) is 3.00. The van der Waals surface area contributed by atoms with Gasteiger partial charge in [-0.15, -0.1) is 0 Å². The van der Waals surface area contributed by atoms with E-state index < -0.39 is 17.4 Å². The van der Waals surface area contributed by atoms with Crippen LogP contribution >= 0.6 is 0 Å². The lowest BCUT2D eigenvalue weighted by Gasteiger charge is -2.17. The van der Waals surface area contributed by atoms with Gasteiger partial charge < -0.3 is 24.3 Å². The zero-order valence-corrected chi connectivity index (χ0v) is 19.5. The van der Waals surface area contributed by atoms with E-state index in [1.54, 1.807) is 24.1 Å². The van der Waals surface area contributed by atoms with Gasteiger partial charge in [-0.3, -0.25) is 13.9 Å². The van der Waals surface area contributed by atoms with Crippen molar-refractivity contribution in [3.05, 3.63) is 69.4 Å². The van der Waals surface area contributed by atoms with Crippen molar-refractivity contribution in [3.63, 3.8) is 0 Å². The normalized spacial score (nSPS) is 12.2. The molecule has 0 saturated carbocycles. The van der Waals surface area contributed by atoms with Gasteiger partial charge in [0.05, 0.1) is 12.9 Å². The van der Waals surface area contributed by atoms with Crippen LogP contribution in [0.5, 0.6) is 5.75 Å². The van der Waals surface area contributed by atoms with Crippen LogP contribution in [-0.4, -0.2) is 52.6 Å². The molecular weight excluding hydrogens is 438 g/mol. The molecule has 0 spiro atoms. The summed E-state index contributed by atoms with van der Waals surface area (Å²) in [6.45, 7) is 3.38. The van der Waals surface area contributed by atoms with E-state index in [2.05, 4.69) is 15.3 Å². The van der Waals surface area contributed by atoms with E-state index >= 15 is 0 Å². The maximum absolute atomic E-state index is 13.0. The Hall–Kier alpha value is -3.86. The summed E-state index contributed by atoms with van der Waals surface area (Å²) in [5, 5.41) is 14.0. The molecule has 11 nitrogen and oxygen atoms in total. The second-order valence-corrected chi connectivity index (χ2v) is 8.24. The molecule has 0 radical (unpaired) electrons. The zero-order valence-electron chi connectivity index (χ0n) is 19.5. The molecular formula is C23H29N7O4. The van der Waals surface area contributed by atoms with Crippen LogP contribution in [0.3, 0.4) is 0 Å². The van der Waals surface area contributed by atoms with E-state index in [0.717, 1.165) is 23.1 Å². The molecule has 3 heterocycles. The molecule has 0 bridgehead atoms. The van der Waals surface area contributed by atoms with Crippen molar-refractivity contribution in [1.29, 1.82) is 0 Å². The van der Waals surface area contributed by atoms with Crippen LogP contribution in [0.4, 0.5) is 5.95 Å². The fourth-order valence-corrected chi connectivity index (χ4v) is 3.81. The minimum atomic E-state index is -0.912. The summed E-state index contributed by atoms with van der Waals surface area (Å²) in [6, 6.07) is 7.56. The number of anilines is 1. The van der Waals surface area contributed by atoms with Crippen molar-refractivity contribution in [2.45, 2.75) is 32.5 Å². The van der Waals surface area contributed by atoms with Crippen LogP contribution in [0.2, 0.25) is 0 Å². The van der Waals surface area contributed by atoms with E-state index in [9.17, 15) is 14.7 Å². The quantitative estimate of drug-likeness (QED) is 0.332. The lowest BCUT2D eigenvalue weighted by Crippen LogP contribution is -2.38. The Bertz CT molecular complexity index is 1390. The largest absolute Gasteiger partial charge is 0.491 e. The Labute approximate surface area is 195 Å². The number of imidazole rings is 2. The van der Waals surface area contributed by atoms with Crippen molar-refractivity contribution in [2.75, 3.05) is 18.5 Å². The Kier molecular flexibility index (Phi) is 6.82. The molecule has 1 atom stereocenters. The van der Waals surface area contributed by atoms with Crippen LogP contribution in [-0.2, 0) is 27.2 Å². The summed E-state index contributed by atoms with van der Waals surface area (Å²) in [6.07, 6.45) is 5.24. The number of hydrogen-bond acceptors (Lipinski definition) is 7. The Morgan fingerprint density at radius 2 is 1.97 bits per heavy atom. The minimum Gasteiger partial charge on any atom is -0.491 e. The van der Waals surface area contributed by atoms with Gasteiger partial charge in [0.2, 0.25) is 5.95 Å². The number of rotatable bonds is 10. The SMILES string of the molecule is Cc1ccccc1OC[C@@H](O)Cn1c(NCCCn2ccnc2)nc2c1c(=O)n(C)c(=O)n2C. The molecule has 0 aliphatic carbocycles. The molecule has 180 valence electrons. The van der Waals surface area contributed by atoms with Gasteiger partial charge in [-0.1, -0.05) is 18.2 Å². The third kappa shape index (κ3) is 4.74. The number of ether oxygens (including phenoxy) is 1. The predicted molar refractivity (Wildman–Crippen MR) is 128 cm³/mol. The number of aryl methyl sites for hydroxylation is 3. The molecule has 0 amide bonds. The molecule has 0 aliphatic heterocycles. The fourth-order valence-electron chi connectivity index (χ4n) is 3.81. The van der Waals surface area contributed by atoms with Crippen LogP contribution < -0.4 is 21.3 Å². The Morgan fingerprint density at radius 1 is 1.18 bits per heavy atom. The molecule has 4 aromatic rings. The van der Waals surface area contributed by atoms with Gasteiger partial charge in [-0.05, 0) is 25.0 Å². The van der Waals surface area contributed by atoms with Gasteiger partial charge in [0.1, 0.15) is 18.5 Å². The number of aliphatic hydroxyl groups excluding tert-OH is 1. The highest BCUT2D eigenvalue weighted by Crippen LogP contribution is 2.19. The molecule has 34 heavy (non-hydrogen) atoms. The monoisotopic (exact) mass is 467 g/mol. The second kappa shape index (κ2) is 9.96. The Balaban J connectivity index is 1.58. The molecule has 0 unspecified atom stereocenters. The Morgan fingerprint density at radius 3 is 2.71 bits per heavy atom. The van der Waals surface area contributed by atoms with E-state index in [1.807, 2.05) is 42.0 Å². The summed E-state index contributed by atoms with van der Waals surface area (Å²) >= 11 is 0. The van der Waals surface area contributed by atoms with Crippen molar-refractivity contribution < 1.29 is 9.84 Å². The lowest BCUT2D eigenvalue weighted by molar-refractivity contribution is 0.0935. The van der Waals surface area contributed by atoms with Crippen molar-refractivity contribution in [3.8, 4) is 5.75 Å². The third-order valence-corrected chi connectivity index (χ3v) is 5.70. The highest BCUT2D eigenvalue weighted by Gasteiger charge is 2.21. The number of para-hydroxylation sites is 1. The first kappa shape index (κ1) is 23.3. The summed E-state index contributed by atoms with van der Waals surface area (Å²) < 4.78 is 11.8. The number of fused-ring (bicyclic) bond motifs is 1. The molecule has 0 fully saturated rings. The molecule has 3 aromatic heterocycles. The molecule has 1 aromatic carbocycles. The standard InChI is InChI=1S/C23H29N7O4/c1-16-7-4-5-8-18(16)34-14-17(31)13-30-19-20(27(2)23(33)28(3)21(19)32)26-22(30)25-9-6-11-29-12-10-24-15-29/h4-5,7-8,10,12,15,17,31H,6,9,11,13-14H2,1-3H3,(H,25,26)/t17-/m0/s1. The van der Waals surface area contributed by atoms with Crippen LogP contribution in [0.1, 0.15) is 12.0 Å². The van der Waals surface area contributed by atoms with Gasteiger partial charge in [-0.2, -0.15) is 4.98 Å². The van der Waals surface area contributed by atoms with E-state index in [1.165, 1.54) is 11.6 Å². The number of hydrogen-bond donors (Lipinski definition) is 2. The topological polar surface area (TPSA) is 121 Å². The molecule has 2 N–H and O–H groups in total. The fraction of sp³-hybridized carbons (Fsp3) is 0.391. The van der Waals surface area contributed by atoms with Gasteiger partial charge >= 0.3 is 5.69 Å². The van der Waals surface area contributed by atoms with E-state index in [-0.39, 0.29) is 24.3 Å². The predicted octanol–water partition coefficient (Wildman–Crippen LogP) is 0.881. The van der Waals surface area contributed by atoms with Gasteiger partial charge in [0.15, 0.2) is 11.2 Å². The number of aromatic nitrogens is 6. The summed E-state index contributed by atoms with van der Waals surface area (Å²) in [5.41, 5.74) is 0.544. The molecule has 4 rings (SSSR count). The van der Waals surface area contributed by atoms with Gasteiger partial charge in [-0.25, -0.2) is 9.78 Å². The van der Waals surface area contributed by atoms with Crippen LogP contribution in [0.15, 0.2) is 52.6 Å². The van der Waals surface area contributed by atoms with Crippen LogP contribution in [0, 0.1) is 6.92 Å². The van der Waals surface area contributed by atoms with E-state index in [4.69, 9.17) is 4.74 Å². The maximum atomic E-state index is 13.0. The van der Waals surface area contributed by atoms with Crippen molar-refractivity contribution in [2.24, 2.45) is 14.1 Å². The zero-order chi connectivity index (χ0) is 24.2. The molecule has 0 aliphatic rings. The average molecular weight is 468 g/mol. The third-order valence-electron chi connectivity index (χ3n) is 5.70. The second-order valence-electron chi connectivity index (χ2n) is 8.24. The average Bonchev–Trinajstić information content (AvgIpc) is 3.47. The summed E-state index contributed by atoms with van der Waals surface area (Å²) in [4.78, 5) is 33.9. The first-order chi connectivity index (χ1) is 16.4. The highest BCUT2D eigenvalue weighted by molar-refractivity contribution is 5.74. The highest BCUT2D eigenvalue weighted by atomic mass is 16.5. The van der Waals surface area contributed by atoms with Gasteiger partial charge in [0, 0.05) is 39.6 Å². The molecule has 0 saturated heterocycles. The first-order valence-electron chi connectivity index (χ1n) is 11.1. The number of aliphatic hydroxyl groups is 1. The molecule has 11 heteroatoms. The lowest BCUT2D eigenvalue weighted by atomic mass is 10.2. The smallest absolute Gasteiger partial charge is 0.332 e. The number of nitrogens with zero attached hydrogens (tertiary/aromatic N) is 6. The van der Waals surface area contributed by atoms with Crippen molar-refractivity contribution >= 4 is 17.1 Å². The minimum absolute atomic E-state index is 0.0384. The number of benzene rings is 1. The van der Waals surface area contributed by atoms with E-state index in [0.29, 0.717) is 18.2 Å². The van der Waals surface area contributed by atoms with Crippen molar-refractivity contribution in [1.82, 2.24) is 28.2 Å².